The molecule has 0 fully saturated rings. The van der Waals surface area contributed by atoms with Crippen molar-refractivity contribution in [2.24, 2.45) is 4.99 Å². The molecule has 0 bridgehead atoms. The summed E-state index contributed by atoms with van der Waals surface area (Å²) in [4.78, 5) is 16.5. The van der Waals surface area contributed by atoms with Crippen LogP contribution >= 0.6 is 0 Å². The molecule has 1 aromatic carbocycles. The SMILES string of the molecule is Fc1ccc(Cn2cccc2CN2CCc3nc(C4=NCCCC4)ncc3C2)cc1. The Morgan fingerprint density at radius 2 is 1.90 bits per heavy atom. The summed E-state index contributed by atoms with van der Waals surface area (Å²) in [7, 11) is 0. The van der Waals surface area contributed by atoms with Crippen molar-refractivity contribution in [3.63, 3.8) is 0 Å². The first-order valence-electron chi connectivity index (χ1n) is 10.7. The zero-order valence-electron chi connectivity index (χ0n) is 17.1. The summed E-state index contributed by atoms with van der Waals surface area (Å²) in [6, 6.07) is 11.0. The molecule has 5 nitrogen and oxygen atoms in total. The van der Waals surface area contributed by atoms with E-state index >= 15 is 0 Å². The van der Waals surface area contributed by atoms with E-state index in [4.69, 9.17) is 4.98 Å². The fourth-order valence-electron chi connectivity index (χ4n) is 4.29. The highest BCUT2D eigenvalue weighted by Gasteiger charge is 2.21. The maximum Gasteiger partial charge on any atom is 0.173 e. The molecule has 154 valence electrons. The van der Waals surface area contributed by atoms with E-state index in [1.165, 1.54) is 41.9 Å². The Morgan fingerprint density at radius 3 is 2.73 bits per heavy atom. The molecule has 0 saturated heterocycles. The highest BCUT2D eigenvalue weighted by Crippen LogP contribution is 2.21. The number of benzene rings is 1. The molecule has 0 radical (unpaired) electrons. The van der Waals surface area contributed by atoms with E-state index in [0.717, 1.165) is 62.7 Å². The summed E-state index contributed by atoms with van der Waals surface area (Å²) in [5.74, 6) is 0.634. The van der Waals surface area contributed by atoms with Gasteiger partial charge in [-0.25, -0.2) is 14.4 Å². The number of fused-ring (bicyclic) bond motifs is 1. The Bertz CT molecular complexity index is 1050. The van der Waals surface area contributed by atoms with Crippen LogP contribution in [0.4, 0.5) is 4.39 Å². The lowest BCUT2D eigenvalue weighted by Gasteiger charge is -2.28. The lowest BCUT2D eigenvalue weighted by atomic mass is 10.1. The highest BCUT2D eigenvalue weighted by atomic mass is 19.1. The molecule has 6 heteroatoms. The van der Waals surface area contributed by atoms with Gasteiger partial charge < -0.3 is 4.57 Å². The Kier molecular flexibility index (Phi) is 5.41. The van der Waals surface area contributed by atoms with Gasteiger partial charge in [-0.3, -0.25) is 9.89 Å². The first kappa shape index (κ1) is 19.1. The largest absolute Gasteiger partial charge is 0.346 e. The van der Waals surface area contributed by atoms with Gasteiger partial charge in [-0.15, -0.1) is 0 Å². The normalized spacial score (nSPS) is 16.9. The molecule has 0 amide bonds. The summed E-state index contributed by atoms with van der Waals surface area (Å²) in [6.07, 6.45) is 8.39. The maximum atomic E-state index is 13.2. The van der Waals surface area contributed by atoms with Crippen molar-refractivity contribution in [1.29, 1.82) is 0 Å². The lowest BCUT2D eigenvalue weighted by molar-refractivity contribution is 0.237. The maximum absolute atomic E-state index is 13.2. The first-order chi connectivity index (χ1) is 14.7. The van der Waals surface area contributed by atoms with Crippen LogP contribution in [0.2, 0.25) is 0 Å². The Morgan fingerprint density at radius 1 is 1.00 bits per heavy atom. The van der Waals surface area contributed by atoms with Crippen molar-refractivity contribution in [1.82, 2.24) is 19.4 Å². The van der Waals surface area contributed by atoms with E-state index in [-0.39, 0.29) is 5.82 Å². The van der Waals surface area contributed by atoms with Gasteiger partial charge in [-0.2, -0.15) is 0 Å². The van der Waals surface area contributed by atoms with Crippen LogP contribution in [0.15, 0.2) is 53.8 Å². The van der Waals surface area contributed by atoms with Crippen LogP contribution in [0.3, 0.4) is 0 Å². The Balaban J connectivity index is 1.27. The molecule has 0 atom stereocenters. The van der Waals surface area contributed by atoms with Gasteiger partial charge in [0.2, 0.25) is 0 Å². The van der Waals surface area contributed by atoms with Crippen LogP contribution in [-0.2, 0) is 26.1 Å². The monoisotopic (exact) mass is 403 g/mol. The van der Waals surface area contributed by atoms with Crippen molar-refractivity contribution < 1.29 is 4.39 Å². The topological polar surface area (TPSA) is 46.3 Å². The van der Waals surface area contributed by atoms with E-state index in [1.807, 2.05) is 18.3 Å². The second-order valence-corrected chi connectivity index (χ2v) is 8.17. The summed E-state index contributed by atoms with van der Waals surface area (Å²) in [5, 5.41) is 0. The van der Waals surface area contributed by atoms with Gasteiger partial charge in [0, 0.05) is 62.8 Å². The number of halogens is 1. The van der Waals surface area contributed by atoms with Gasteiger partial charge in [0.1, 0.15) is 5.82 Å². The summed E-state index contributed by atoms with van der Waals surface area (Å²) in [5.41, 5.74) is 5.83. The van der Waals surface area contributed by atoms with Gasteiger partial charge in [0.15, 0.2) is 5.82 Å². The Hall–Kier alpha value is -2.86. The lowest BCUT2D eigenvalue weighted by Crippen LogP contribution is -2.32. The van der Waals surface area contributed by atoms with E-state index < -0.39 is 0 Å². The van der Waals surface area contributed by atoms with E-state index in [9.17, 15) is 4.39 Å². The third kappa shape index (κ3) is 4.19. The minimum Gasteiger partial charge on any atom is -0.346 e. The molecular weight excluding hydrogens is 377 g/mol. The van der Waals surface area contributed by atoms with Crippen molar-refractivity contribution in [2.45, 2.75) is 45.3 Å². The average Bonchev–Trinajstić information content (AvgIpc) is 3.22. The summed E-state index contributed by atoms with van der Waals surface area (Å²) < 4.78 is 15.4. The molecule has 0 aliphatic carbocycles. The zero-order valence-corrected chi connectivity index (χ0v) is 17.1. The second-order valence-electron chi connectivity index (χ2n) is 8.17. The molecule has 5 rings (SSSR count). The molecule has 0 N–H and O–H groups in total. The molecule has 2 aliphatic heterocycles. The van der Waals surface area contributed by atoms with Crippen LogP contribution in [0.1, 0.15) is 47.6 Å². The molecule has 0 saturated carbocycles. The molecule has 4 heterocycles. The van der Waals surface area contributed by atoms with Crippen LogP contribution in [0.25, 0.3) is 0 Å². The van der Waals surface area contributed by atoms with Crippen molar-refractivity contribution >= 4 is 5.71 Å². The molecular formula is C24H26FN5. The molecule has 0 spiro atoms. The average molecular weight is 404 g/mol. The summed E-state index contributed by atoms with van der Waals surface area (Å²) >= 11 is 0. The van der Waals surface area contributed by atoms with Gasteiger partial charge in [-0.1, -0.05) is 12.1 Å². The fraction of sp³-hybridized carbons (Fsp3) is 0.375. The van der Waals surface area contributed by atoms with Gasteiger partial charge >= 0.3 is 0 Å². The quantitative estimate of drug-likeness (QED) is 0.647. The van der Waals surface area contributed by atoms with Crippen LogP contribution in [-0.4, -0.2) is 38.2 Å². The van der Waals surface area contributed by atoms with E-state index in [0.29, 0.717) is 0 Å². The number of hydrogen-bond acceptors (Lipinski definition) is 4. The molecule has 30 heavy (non-hydrogen) atoms. The third-order valence-electron chi connectivity index (χ3n) is 5.97. The number of aliphatic imine (C=N–C) groups is 1. The molecule has 0 unspecified atom stereocenters. The highest BCUT2D eigenvalue weighted by molar-refractivity contribution is 5.97. The number of hydrogen-bond donors (Lipinski definition) is 0. The predicted octanol–water partition coefficient (Wildman–Crippen LogP) is 4.00. The van der Waals surface area contributed by atoms with Crippen LogP contribution in [0.5, 0.6) is 0 Å². The fourth-order valence-corrected chi connectivity index (χ4v) is 4.29. The smallest absolute Gasteiger partial charge is 0.173 e. The van der Waals surface area contributed by atoms with Gasteiger partial charge in [-0.05, 0) is 49.1 Å². The van der Waals surface area contributed by atoms with Crippen molar-refractivity contribution in [3.05, 3.63) is 82.9 Å². The first-order valence-corrected chi connectivity index (χ1v) is 10.7. The zero-order chi connectivity index (χ0) is 20.3. The van der Waals surface area contributed by atoms with E-state index in [2.05, 4.69) is 37.8 Å². The molecule has 2 aliphatic rings. The molecule has 2 aromatic heterocycles. The number of nitrogens with zero attached hydrogens (tertiary/aromatic N) is 5. The third-order valence-corrected chi connectivity index (χ3v) is 5.97. The second kappa shape index (κ2) is 8.48. The minimum atomic E-state index is -0.195. The number of rotatable bonds is 5. The Labute approximate surface area is 176 Å². The van der Waals surface area contributed by atoms with Crippen LogP contribution in [0, 0.1) is 5.82 Å². The minimum absolute atomic E-state index is 0.195. The van der Waals surface area contributed by atoms with Gasteiger partial charge in [0.25, 0.3) is 0 Å². The summed E-state index contributed by atoms with van der Waals surface area (Å²) in [6.45, 7) is 4.38. The van der Waals surface area contributed by atoms with E-state index in [1.54, 1.807) is 0 Å². The number of aromatic nitrogens is 3. The van der Waals surface area contributed by atoms with Crippen LogP contribution < -0.4 is 0 Å². The predicted molar refractivity (Wildman–Crippen MR) is 115 cm³/mol. The van der Waals surface area contributed by atoms with Crippen molar-refractivity contribution in [3.8, 4) is 0 Å². The standard InChI is InChI=1S/C24H26FN5/c25-20-8-6-18(7-9-20)15-30-12-3-4-21(30)17-29-13-10-22-19(16-29)14-27-24(28-22)23-5-1-2-11-26-23/h3-4,6-9,12,14H,1-2,5,10-11,13,15-17H2. The van der Waals surface area contributed by atoms with Crippen molar-refractivity contribution in [2.75, 3.05) is 13.1 Å². The molecule has 3 aromatic rings. The van der Waals surface area contributed by atoms with Gasteiger partial charge in [0.05, 0.1) is 11.4 Å².